The topological polar surface area (TPSA) is 53.4 Å². The second-order valence-corrected chi connectivity index (χ2v) is 6.91. The zero-order valence-electron chi connectivity index (χ0n) is 17.9. The molecule has 1 heterocycles. The number of aryl methyl sites for hydroxylation is 1. The maximum atomic E-state index is 8.06. The number of hydrogen-bond donors (Lipinski definition) is 2. The molecular formula is C25H32IrNO2-. The predicted molar refractivity (Wildman–Crippen MR) is 118 cm³/mol. The first-order valence-corrected chi connectivity index (χ1v) is 9.72. The van der Waals surface area contributed by atoms with Crippen molar-refractivity contribution in [1.82, 2.24) is 4.98 Å². The number of aromatic nitrogens is 1. The molecule has 1 radical (unpaired) electrons. The van der Waals surface area contributed by atoms with Gasteiger partial charge in [0, 0.05) is 44.1 Å². The Kier molecular flexibility index (Phi) is 14.1. The minimum atomic E-state index is -0.167. The van der Waals surface area contributed by atoms with Gasteiger partial charge in [0.05, 0.1) is 0 Å². The molecule has 0 aliphatic rings. The number of hydrogen-bond acceptors (Lipinski definition) is 3. The van der Waals surface area contributed by atoms with E-state index in [0.29, 0.717) is 0 Å². The summed E-state index contributed by atoms with van der Waals surface area (Å²) in [4.78, 5) is 4.60. The summed E-state index contributed by atoms with van der Waals surface area (Å²) in [6.45, 7) is 9.07. The molecule has 0 amide bonds. The summed E-state index contributed by atoms with van der Waals surface area (Å²) in [5, 5.41) is 16.1. The van der Waals surface area contributed by atoms with Crippen LogP contribution in [0.2, 0.25) is 0 Å². The van der Waals surface area contributed by atoms with Gasteiger partial charge in [0.25, 0.3) is 0 Å². The zero-order chi connectivity index (χ0) is 20.9. The molecule has 0 unspecified atom stereocenters. The molecule has 3 rings (SSSR count). The number of nitrogens with zero attached hydrogens (tertiary/aromatic N) is 1. The first kappa shape index (κ1) is 27.2. The Morgan fingerprint density at radius 2 is 1.45 bits per heavy atom. The Hall–Kier alpha value is -1.84. The van der Waals surface area contributed by atoms with Gasteiger partial charge in [0.1, 0.15) is 0 Å². The van der Waals surface area contributed by atoms with Gasteiger partial charge in [-0.05, 0) is 50.9 Å². The molecular weight excluding hydrogens is 538 g/mol. The molecule has 159 valence electrons. The first-order chi connectivity index (χ1) is 13.3. The fourth-order valence-corrected chi connectivity index (χ4v) is 2.37. The Morgan fingerprint density at radius 3 is 1.93 bits per heavy atom. The normalized spacial score (nSPS) is 9.69. The van der Waals surface area contributed by atoms with Gasteiger partial charge >= 0.3 is 0 Å². The molecule has 0 saturated carbocycles. The van der Waals surface area contributed by atoms with Crippen molar-refractivity contribution in [3.63, 3.8) is 0 Å². The van der Waals surface area contributed by atoms with E-state index in [4.69, 9.17) is 10.2 Å². The van der Waals surface area contributed by atoms with Crippen molar-refractivity contribution in [2.45, 2.75) is 53.2 Å². The van der Waals surface area contributed by atoms with Crippen LogP contribution in [0.15, 0.2) is 66.9 Å². The SMILES string of the molecule is CC(C)O.CC(C)O.CCc1cc(-c2[c-]cccc2)ncc1-c1ccccc1.[Ir]. The molecule has 2 aromatic carbocycles. The Morgan fingerprint density at radius 1 is 0.897 bits per heavy atom. The average molecular weight is 571 g/mol. The third kappa shape index (κ3) is 11.1. The molecule has 1 aromatic heterocycles. The fourth-order valence-electron chi connectivity index (χ4n) is 2.37. The summed E-state index contributed by atoms with van der Waals surface area (Å²) in [5.74, 6) is 0. The van der Waals surface area contributed by atoms with Crippen LogP contribution < -0.4 is 0 Å². The second kappa shape index (κ2) is 15.1. The van der Waals surface area contributed by atoms with Crippen LogP contribution in [-0.4, -0.2) is 27.4 Å². The van der Waals surface area contributed by atoms with Crippen molar-refractivity contribution in [3.05, 3.63) is 78.5 Å². The second-order valence-electron chi connectivity index (χ2n) is 6.91. The van der Waals surface area contributed by atoms with E-state index in [1.54, 1.807) is 27.7 Å². The van der Waals surface area contributed by atoms with Gasteiger partial charge in [-0.25, -0.2) is 0 Å². The molecule has 3 aromatic rings. The van der Waals surface area contributed by atoms with E-state index in [1.807, 2.05) is 36.5 Å². The number of aliphatic hydroxyl groups excluding tert-OH is 2. The smallest absolute Gasteiger partial charge is 0.0483 e. The minimum absolute atomic E-state index is 0. The molecule has 3 nitrogen and oxygen atoms in total. The maximum Gasteiger partial charge on any atom is 0.0483 e. The van der Waals surface area contributed by atoms with Crippen LogP contribution in [0.4, 0.5) is 0 Å². The van der Waals surface area contributed by atoms with Gasteiger partial charge in [-0.1, -0.05) is 43.3 Å². The molecule has 0 aliphatic carbocycles. The van der Waals surface area contributed by atoms with E-state index in [1.165, 1.54) is 16.7 Å². The molecule has 2 N–H and O–H groups in total. The third-order valence-corrected chi connectivity index (χ3v) is 3.44. The van der Waals surface area contributed by atoms with Crippen molar-refractivity contribution in [3.8, 4) is 22.4 Å². The van der Waals surface area contributed by atoms with Crippen LogP contribution >= 0.6 is 0 Å². The summed E-state index contributed by atoms with van der Waals surface area (Å²) in [6, 6.07) is 23.8. The van der Waals surface area contributed by atoms with Crippen LogP contribution in [0.5, 0.6) is 0 Å². The average Bonchev–Trinajstić information content (AvgIpc) is 2.68. The monoisotopic (exact) mass is 571 g/mol. The molecule has 0 bridgehead atoms. The summed E-state index contributed by atoms with van der Waals surface area (Å²) >= 11 is 0. The van der Waals surface area contributed by atoms with E-state index in [-0.39, 0.29) is 32.3 Å². The number of benzene rings is 2. The van der Waals surface area contributed by atoms with Gasteiger partial charge in [0.15, 0.2) is 0 Å². The molecule has 0 saturated heterocycles. The Balaban J connectivity index is 0.000000752. The molecule has 0 spiro atoms. The first-order valence-electron chi connectivity index (χ1n) is 9.72. The van der Waals surface area contributed by atoms with Crippen LogP contribution in [-0.2, 0) is 26.5 Å². The van der Waals surface area contributed by atoms with Crippen LogP contribution in [0.25, 0.3) is 22.4 Å². The minimum Gasteiger partial charge on any atom is -0.394 e. The van der Waals surface area contributed by atoms with Gasteiger partial charge < -0.3 is 15.2 Å². The van der Waals surface area contributed by atoms with Crippen molar-refractivity contribution in [1.29, 1.82) is 0 Å². The largest absolute Gasteiger partial charge is 0.394 e. The van der Waals surface area contributed by atoms with E-state index in [0.717, 1.165) is 17.7 Å². The Bertz CT molecular complexity index is 779. The molecule has 0 atom stereocenters. The standard InChI is InChI=1S/C19H16N.2C3H8O.Ir/c1-2-15-13-19(17-11-7-4-8-12-17)20-14-18(15)16-9-5-3-6-10-16;2*1-3(2)4;/h3-11,13-14H,2H2,1H3;2*3-4H,1-2H3;/q-1;;;. The van der Waals surface area contributed by atoms with E-state index >= 15 is 0 Å². The summed E-state index contributed by atoms with van der Waals surface area (Å²) in [7, 11) is 0. The number of pyridine rings is 1. The number of rotatable bonds is 3. The van der Waals surface area contributed by atoms with Crippen LogP contribution in [0, 0.1) is 6.07 Å². The van der Waals surface area contributed by atoms with Gasteiger partial charge in [0.2, 0.25) is 0 Å². The number of aliphatic hydroxyl groups is 2. The summed E-state index contributed by atoms with van der Waals surface area (Å²) in [5.41, 5.74) is 5.79. The summed E-state index contributed by atoms with van der Waals surface area (Å²) < 4.78 is 0. The maximum absolute atomic E-state index is 8.06. The summed E-state index contributed by atoms with van der Waals surface area (Å²) in [6.07, 6.45) is 2.64. The van der Waals surface area contributed by atoms with Crippen molar-refractivity contribution in [2.24, 2.45) is 0 Å². The Labute approximate surface area is 189 Å². The molecule has 29 heavy (non-hydrogen) atoms. The van der Waals surface area contributed by atoms with Crippen molar-refractivity contribution < 1.29 is 30.3 Å². The van der Waals surface area contributed by atoms with Crippen LogP contribution in [0.1, 0.15) is 40.2 Å². The van der Waals surface area contributed by atoms with E-state index < -0.39 is 0 Å². The predicted octanol–water partition coefficient (Wildman–Crippen LogP) is 5.55. The van der Waals surface area contributed by atoms with E-state index in [2.05, 4.69) is 48.3 Å². The van der Waals surface area contributed by atoms with Crippen molar-refractivity contribution in [2.75, 3.05) is 0 Å². The fraction of sp³-hybridized carbons (Fsp3) is 0.320. The van der Waals surface area contributed by atoms with Gasteiger partial charge in [-0.15, -0.1) is 35.9 Å². The quantitative estimate of drug-likeness (QED) is 0.406. The third-order valence-electron chi connectivity index (χ3n) is 3.44. The van der Waals surface area contributed by atoms with E-state index in [9.17, 15) is 0 Å². The molecule has 0 fully saturated rings. The van der Waals surface area contributed by atoms with Crippen LogP contribution in [0.3, 0.4) is 0 Å². The van der Waals surface area contributed by atoms with Gasteiger partial charge in [-0.2, -0.15) is 0 Å². The molecule has 4 heteroatoms. The molecule has 0 aliphatic heterocycles. The van der Waals surface area contributed by atoms with Crippen molar-refractivity contribution >= 4 is 0 Å². The zero-order valence-corrected chi connectivity index (χ0v) is 20.3. The van der Waals surface area contributed by atoms with Gasteiger partial charge in [-0.3, -0.25) is 0 Å².